The number of rotatable bonds is 7. The fourth-order valence-electron chi connectivity index (χ4n) is 3.47. The van der Waals surface area contributed by atoms with Crippen molar-refractivity contribution in [3.63, 3.8) is 0 Å². The molecule has 0 unspecified atom stereocenters. The standard InChI is InChI=1S/C24H19F3N2O3/c1-15(16-8-4-2-5-9-16)12-18(30)14-31-20-13-19(24(25,26)27)21-22(29-32-23(21)28-20)17-10-6-3-7-11-17/h2-11,13,15H,12,14H2,1H3/t15-/m1/s1. The molecule has 2 aromatic carbocycles. The molecular formula is C24H19F3N2O3. The van der Waals surface area contributed by atoms with Crippen LogP contribution in [-0.2, 0) is 11.0 Å². The van der Waals surface area contributed by atoms with Crippen LogP contribution < -0.4 is 4.74 Å². The number of carbonyl (C=O) groups excluding carboxylic acids is 1. The number of ketones is 1. The van der Waals surface area contributed by atoms with Crippen LogP contribution in [0.4, 0.5) is 13.2 Å². The number of fused-ring (bicyclic) bond motifs is 1. The first-order chi connectivity index (χ1) is 15.3. The van der Waals surface area contributed by atoms with Crippen molar-refractivity contribution in [3.05, 3.63) is 77.9 Å². The Morgan fingerprint density at radius 1 is 1.06 bits per heavy atom. The smallest absolute Gasteiger partial charge is 0.417 e. The van der Waals surface area contributed by atoms with Crippen molar-refractivity contribution in [1.82, 2.24) is 10.1 Å². The zero-order valence-corrected chi connectivity index (χ0v) is 17.1. The Morgan fingerprint density at radius 3 is 2.38 bits per heavy atom. The third-order valence-corrected chi connectivity index (χ3v) is 5.06. The highest BCUT2D eigenvalue weighted by molar-refractivity contribution is 5.93. The van der Waals surface area contributed by atoms with Crippen LogP contribution >= 0.6 is 0 Å². The molecule has 0 aliphatic rings. The van der Waals surface area contributed by atoms with E-state index in [1.165, 1.54) is 0 Å². The van der Waals surface area contributed by atoms with Crippen LogP contribution in [0.15, 0.2) is 71.3 Å². The number of nitrogens with zero attached hydrogens (tertiary/aromatic N) is 2. The summed E-state index contributed by atoms with van der Waals surface area (Å²) in [5.74, 6) is -0.642. The van der Waals surface area contributed by atoms with Crippen LogP contribution in [0.3, 0.4) is 0 Å². The predicted molar refractivity (Wildman–Crippen MR) is 112 cm³/mol. The highest BCUT2D eigenvalue weighted by atomic mass is 19.4. The van der Waals surface area contributed by atoms with Crippen LogP contribution in [-0.4, -0.2) is 22.5 Å². The summed E-state index contributed by atoms with van der Waals surface area (Å²) in [5, 5.41) is 3.54. The second-order valence-corrected chi connectivity index (χ2v) is 7.43. The summed E-state index contributed by atoms with van der Waals surface area (Å²) < 4.78 is 51.8. The van der Waals surface area contributed by atoms with Gasteiger partial charge >= 0.3 is 6.18 Å². The fourth-order valence-corrected chi connectivity index (χ4v) is 3.47. The van der Waals surface area contributed by atoms with Crippen molar-refractivity contribution >= 4 is 16.9 Å². The van der Waals surface area contributed by atoms with Gasteiger partial charge in [-0.15, -0.1) is 0 Å². The third kappa shape index (κ3) is 4.64. The molecule has 1 atom stereocenters. The Kier molecular flexibility index (Phi) is 5.94. The van der Waals surface area contributed by atoms with Gasteiger partial charge in [-0.1, -0.05) is 72.7 Å². The molecule has 2 aromatic heterocycles. The number of alkyl halides is 3. The molecule has 0 spiro atoms. The Bertz CT molecular complexity index is 1220. The van der Waals surface area contributed by atoms with Gasteiger partial charge < -0.3 is 9.26 Å². The molecule has 0 aliphatic heterocycles. The number of hydrogen-bond donors (Lipinski definition) is 0. The Hall–Kier alpha value is -3.68. The summed E-state index contributed by atoms with van der Waals surface area (Å²) in [4.78, 5) is 16.3. The number of benzene rings is 2. The second-order valence-electron chi connectivity index (χ2n) is 7.43. The molecule has 0 fully saturated rings. The van der Waals surface area contributed by atoms with Crippen molar-refractivity contribution in [2.75, 3.05) is 6.61 Å². The summed E-state index contributed by atoms with van der Waals surface area (Å²) in [6.07, 6.45) is -4.50. The van der Waals surface area contributed by atoms with E-state index in [-0.39, 0.29) is 40.8 Å². The minimum absolute atomic E-state index is 0.0414. The molecule has 4 rings (SSSR count). The molecule has 4 aromatic rings. The maximum Gasteiger partial charge on any atom is 0.417 e. The highest BCUT2D eigenvalue weighted by Crippen LogP contribution is 2.40. The lowest BCUT2D eigenvalue weighted by Crippen LogP contribution is -2.15. The van der Waals surface area contributed by atoms with Crippen molar-refractivity contribution in [1.29, 1.82) is 0 Å². The maximum absolute atomic E-state index is 13.8. The molecule has 0 aliphatic carbocycles. The van der Waals surface area contributed by atoms with Crippen LogP contribution in [0.25, 0.3) is 22.4 Å². The van der Waals surface area contributed by atoms with Crippen LogP contribution in [0.1, 0.15) is 30.4 Å². The molecule has 5 nitrogen and oxygen atoms in total. The summed E-state index contributed by atoms with van der Waals surface area (Å²) in [5.41, 5.74) is 0.216. The van der Waals surface area contributed by atoms with E-state index in [9.17, 15) is 18.0 Å². The Balaban J connectivity index is 1.57. The van der Waals surface area contributed by atoms with Crippen LogP contribution in [0, 0.1) is 0 Å². The lowest BCUT2D eigenvalue weighted by molar-refractivity contribution is -0.136. The number of Topliss-reactive ketones (excluding diaryl/α,β-unsaturated/α-hetero) is 1. The molecule has 0 radical (unpaired) electrons. The van der Waals surface area contributed by atoms with Crippen molar-refractivity contribution in [2.24, 2.45) is 0 Å². The van der Waals surface area contributed by atoms with E-state index in [0.717, 1.165) is 11.6 Å². The Labute approximate surface area is 181 Å². The number of pyridine rings is 1. The molecule has 0 amide bonds. The molecule has 0 saturated heterocycles. The fraction of sp³-hybridized carbons (Fsp3) is 0.208. The topological polar surface area (TPSA) is 65.2 Å². The van der Waals surface area contributed by atoms with Gasteiger partial charge in [0.2, 0.25) is 5.88 Å². The van der Waals surface area contributed by atoms with Crippen LogP contribution in [0.5, 0.6) is 5.88 Å². The van der Waals surface area contributed by atoms with Gasteiger partial charge in [-0.3, -0.25) is 4.79 Å². The first-order valence-corrected chi connectivity index (χ1v) is 9.95. The molecule has 8 heteroatoms. The summed E-state index contributed by atoms with van der Waals surface area (Å²) in [6.45, 7) is 1.51. The van der Waals surface area contributed by atoms with E-state index in [4.69, 9.17) is 9.26 Å². The van der Waals surface area contributed by atoms with Gasteiger partial charge in [-0.2, -0.15) is 18.2 Å². The zero-order valence-electron chi connectivity index (χ0n) is 17.1. The highest BCUT2D eigenvalue weighted by Gasteiger charge is 2.36. The van der Waals surface area contributed by atoms with Crippen molar-refractivity contribution < 1.29 is 27.2 Å². The summed E-state index contributed by atoms with van der Waals surface area (Å²) in [6, 6.07) is 18.6. The molecule has 32 heavy (non-hydrogen) atoms. The summed E-state index contributed by atoms with van der Waals surface area (Å²) in [7, 11) is 0. The van der Waals surface area contributed by atoms with E-state index >= 15 is 0 Å². The van der Waals surface area contributed by atoms with Gasteiger partial charge in [0.1, 0.15) is 12.3 Å². The quantitative estimate of drug-likeness (QED) is 0.350. The van der Waals surface area contributed by atoms with Gasteiger partial charge in [-0.25, -0.2) is 0 Å². The largest absolute Gasteiger partial charge is 0.470 e. The Morgan fingerprint density at radius 2 is 1.72 bits per heavy atom. The molecular weight excluding hydrogens is 421 g/mol. The van der Waals surface area contributed by atoms with E-state index in [1.807, 2.05) is 37.3 Å². The van der Waals surface area contributed by atoms with Gasteiger partial charge in [0, 0.05) is 18.1 Å². The van der Waals surface area contributed by atoms with E-state index in [0.29, 0.717) is 5.56 Å². The molecule has 2 heterocycles. The molecule has 0 saturated carbocycles. The maximum atomic E-state index is 13.8. The average Bonchev–Trinajstić information content (AvgIpc) is 3.21. The van der Waals surface area contributed by atoms with E-state index < -0.39 is 18.3 Å². The van der Waals surface area contributed by atoms with E-state index in [1.54, 1.807) is 30.3 Å². The number of aromatic nitrogens is 2. The van der Waals surface area contributed by atoms with Crippen LogP contribution in [0.2, 0.25) is 0 Å². The molecule has 0 N–H and O–H groups in total. The minimum Gasteiger partial charge on any atom is -0.470 e. The third-order valence-electron chi connectivity index (χ3n) is 5.06. The van der Waals surface area contributed by atoms with Gasteiger partial charge in [0.25, 0.3) is 5.71 Å². The SMILES string of the molecule is C[C@H](CC(=O)COc1cc(C(F)(F)F)c2c(-c3ccccc3)noc2n1)c1ccccc1. The number of halogens is 3. The zero-order chi connectivity index (χ0) is 22.7. The van der Waals surface area contributed by atoms with Gasteiger partial charge in [0.15, 0.2) is 5.78 Å². The first-order valence-electron chi connectivity index (χ1n) is 9.95. The monoisotopic (exact) mass is 440 g/mol. The van der Waals surface area contributed by atoms with Gasteiger partial charge in [-0.05, 0) is 11.5 Å². The van der Waals surface area contributed by atoms with Crippen molar-refractivity contribution in [2.45, 2.75) is 25.4 Å². The minimum atomic E-state index is -4.69. The molecule has 0 bridgehead atoms. The normalized spacial score (nSPS) is 12.6. The predicted octanol–water partition coefficient (Wildman–Crippen LogP) is 6.05. The number of hydrogen-bond acceptors (Lipinski definition) is 5. The molecule has 164 valence electrons. The van der Waals surface area contributed by atoms with E-state index in [2.05, 4.69) is 10.1 Å². The lowest BCUT2D eigenvalue weighted by Gasteiger charge is -2.13. The summed E-state index contributed by atoms with van der Waals surface area (Å²) >= 11 is 0. The van der Waals surface area contributed by atoms with Gasteiger partial charge in [0.05, 0.1) is 10.9 Å². The number of carbonyl (C=O) groups is 1. The second kappa shape index (κ2) is 8.82. The first kappa shape index (κ1) is 21.5. The van der Waals surface area contributed by atoms with Crippen molar-refractivity contribution in [3.8, 4) is 17.1 Å². The lowest BCUT2D eigenvalue weighted by atomic mass is 9.96. The number of ether oxygens (including phenoxy) is 1. The average molecular weight is 440 g/mol.